The first-order chi connectivity index (χ1) is 13.5. The van der Waals surface area contributed by atoms with E-state index in [4.69, 9.17) is 15.2 Å². The number of halogens is 1. The summed E-state index contributed by atoms with van der Waals surface area (Å²) in [5.41, 5.74) is 8.37. The van der Waals surface area contributed by atoms with Gasteiger partial charge in [-0.05, 0) is 40.9 Å². The summed E-state index contributed by atoms with van der Waals surface area (Å²) in [6.45, 7) is 7.01. The first-order valence-electron chi connectivity index (χ1n) is 9.56. The number of fused-ring (bicyclic) bond motifs is 1. The Morgan fingerprint density at radius 3 is 2.79 bits per heavy atom. The minimum absolute atomic E-state index is 0.106. The van der Waals surface area contributed by atoms with Gasteiger partial charge in [-0.25, -0.2) is 9.50 Å². The highest BCUT2D eigenvalue weighted by Gasteiger charge is 2.53. The van der Waals surface area contributed by atoms with E-state index in [2.05, 4.69) is 58.9 Å². The molecule has 4 rings (SSSR count). The van der Waals surface area contributed by atoms with Crippen LogP contribution in [0.1, 0.15) is 44.6 Å². The smallest absolute Gasteiger partial charge is 0.152 e. The van der Waals surface area contributed by atoms with Crippen molar-refractivity contribution in [2.75, 3.05) is 5.73 Å². The van der Waals surface area contributed by atoms with Crippen molar-refractivity contribution in [1.82, 2.24) is 14.6 Å². The van der Waals surface area contributed by atoms with Crippen molar-refractivity contribution in [2.45, 2.75) is 51.6 Å². The highest BCUT2D eigenvalue weighted by molar-refractivity contribution is 9.10. The molecule has 0 radical (unpaired) electrons. The van der Waals surface area contributed by atoms with Gasteiger partial charge in [0.05, 0.1) is 18.4 Å². The highest BCUT2D eigenvalue weighted by Crippen LogP contribution is 2.49. The quantitative estimate of drug-likeness (QED) is 0.625. The minimum Gasteiger partial charge on any atom is -0.382 e. The molecule has 0 saturated carbocycles. The summed E-state index contributed by atoms with van der Waals surface area (Å²) in [6, 6.07) is 12.2. The van der Waals surface area contributed by atoms with Crippen LogP contribution in [0.3, 0.4) is 0 Å². The number of hydrogen-bond donors (Lipinski definition) is 1. The van der Waals surface area contributed by atoms with Gasteiger partial charge in [0.15, 0.2) is 5.82 Å². The molecule has 148 valence electrons. The third-order valence-electron chi connectivity index (χ3n) is 5.92. The van der Waals surface area contributed by atoms with E-state index in [1.165, 1.54) is 6.33 Å². The second-order valence-corrected chi connectivity index (χ2v) is 8.39. The van der Waals surface area contributed by atoms with E-state index in [-0.39, 0.29) is 18.1 Å². The monoisotopic (exact) mass is 444 g/mol. The molecule has 2 aromatic heterocycles. The van der Waals surface area contributed by atoms with E-state index in [1.807, 2.05) is 28.8 Å². The molecule has 1 saturated heterocycles. The molecule has 3 aromatic rings. The van der Waals surface area contributed by atoms with Crippen molar-refractivity contribution in [3.63, 3.8) is 0 Å². The van der Waals surface area contributed by atoms with E-state index in [1.54, 1.807) is 0 Å². The number of rotatable bonds is 5. The van der Waals surface area contributed by atoms with Gasteiger partial charge in [0, 0.05) is 10.4 Å². The Hall–Kier alpha value is -1.96. The molecule has 2 N–H and O–H groups in total. The van der Waals surface area contributed by atoms with E-state index in [0.29, 0.717) is 12.4 Å². The Morgan fingerprint density at radius 1 is 1.32 bits per heavy atom. The van der Waals surface area contributed by atoms with Gasteiger partial charge >= 0.3 is 0 Å². The van der Waals surface area contributed by atoms with Gasteiger partial charge in [-0.1, -0.05) is 44.2 Å². The number of hydrogen-bond acceptors (Lipinski definition) is 5. The summed E-state index contributed by atoms with van der Waals surface area (Å²) in [4.78, 5) is 4.11. The van der Waals surface area contributed by atoms with Crippen molar-refractivity contribution in [3.8, 4) is 0 Å². The first-order valence-corrected chi connectivity index (χ1v) is 10.4. The molecular formula is C21H25BrN4O2. The van der Waals surface area contributed by atoms with Crippen molar-refractivity contribution >= 4 is 27.3 Å². The molecule has 1 aliphatic heterocycles. The van der Waals surface area contributed by atoms with Crippen LogP contribution in [-0.2, 0) is 16.1 Å². The lowest BCUT2D eigenvalue weighted by Crippen LogP contribution is -2.39. The maximum atomic E-state index is 6.55. The zero-order valence-electron chi connectivity index (χ0n) is 16.3. The minimum atomic E-state index is -0.510. The Morgan fingerprint density at radius 2 is 2.07 bits per heavy atom. The Balaban J connectivity index is 1.74. The predicted octanol–water partition coefficient (Wildman–Crippen LogP) is 4.54. The summed E-state index contributed by atoms with van der Waals surface area (Å²) < 4.78 is 15.7. The fourth-order valence-electron chi connectivity index (χ4n) is 4.10. The topological polar surface area (TPSA) is 74.7 Å². The largest absolute Gasteiger partial charge is 0.382 e. The molecule has 0 spiro atoms. The number of anilines is 1. The van der Waals surface area contributed by atoms with E-state index < -0.39 is 5.60 Å². The van der Waals surface area contributed by atoms with Gasteiger partial charge in [0.2, 0.25) is 0 Å². The van der Waals surface area contributed by atoms with Crippen molar-refractivity contribution in [3.05, 3.63) is 58.5 Å². The van der Waals surface area contributed by atoms with E-state index >= 15 is 0 Å². The molecule has 6 nitrogen and oxygen atoms in total. The third kappa shape index (κ3) is 3.11. The van der Waals surface area contributed by atoms with Crippen LogP contribution in [0.4, 0.5) is 5.82 Å². The molecule has 7 heteroatoms. The molecule has 1 aromatic carbocycles. The van der Waals surface area contributed by atoms with Crippen LogP contribution in [0.15, 0.2) is 47.2 Å². The van der Waals surface area contributed by atoms with Crippen molar-refractivity contribution in [2.24, 2.45) is 5.92 Å². The molecule has 3 heterocycles. The molecular weight excluding hydrogens is 420 g/mol. The SMILES string of the molecule is CC[C@H]1O[C@@H](c2cc(Br)c3c(N)ncnn23)[C@](C)(OCc2ccccc2)[C@@H]1C. The summed E-state index contributed by atoms with van der Waals surface area (Å²) in [5.74, 6) is 0.646. The fraction of sp³-hybridized carbons (Fsp3) is 0.429. The lowest BCUT2D eigenvalue weighted by molar-refractivity contribution is -0.107. The predicted molar refractivity (Wildman–Crippen MR) is 112 cm³/mol. The van der Waals surface area contributed by atoms with Gasteiger partial charge in [0.1, 0.15) is 23.5 Å². The lowest BCUT2D eigenvalue weighted by atomic mass is 9.83. The van der Waals surface area contributed by atoms with Gasteiger partial charge in [-0.2, -0.15) is 5.10 Å². The number of benzene rings is 1. The number of nitrogens with zero attached hydrogens (tertiary/aromatic N) is 3. The van der Waals surface area contributed by atoms with Crippen LogP contribution in [0.5, 0.6) is 0 Å². The fourth-order valence-corrected chi connectivity index (χ4v) is 4.71. The maximum absolute atomic E-state index is 6.55. The number of nitrogens with two attached hydrogens (primary N) is 1. The molecule has 0 amide bonds. The number of aromatic nitrogens is 3. The zero-order chi connectivity index (χ0) is 19.9. The van der Waals surface area contributed by atoms with Crippen LogP contribution in [0, 0.1) is 5.92 Å². The van der Waals surface area contributed by atoms with Crippen LogP contribution < -0.4 is 5.73 Å². The van der Waals surface area contributed by atoms with Crippen LogP contribution in [0.2, 0.25) is 0 Å². The molecule has 0 bridgehead atoms. The van der Waals surface area contributed by atoms with Crippen molar-refractivity contribution < 1.29 is 9.47 Å². The molecule has 0 unspecified atom stereocenters. The standard InChI is InChI=1S/C21H25BrN4O2/c1-4-17-13(2)21(3,27-11-14-8-6-5-7-9-14)19(28-17)16-10-15(22)18-20(23)24-12-25-26(16)18/h5-10,12-13,17,19H,4,11H2,1-3H3,(H2,23,24,25)/t13-,17-,19+,21-/m1/s1. The second-order valence-electron chi connectivity index (χ2n) is 7.53. The van der Waals surface area contributed by atoms with Crippen LogP contribution >= 0.6 is 15.9 Å². The van der Waals surface area contributed by atoms with E-state index in [9.17, 15) is 0 Å². The number of nitrogen functional groups attached to an aromatic ring is 1. The van der Waals surface area contributed by atoms with Gasteiger partial charge in [0.25, 0.3) is 0 Å². The highest BCUT2D eigenvalue weighted by atomic mass is 79.9. The normalized spacial score (nSPS) is 27.5. The molecule has 4 atom stereocenters. The van der Waals surface area contributed by atoms with Gasteiger partial charge < -0.3 is 15.2 Å². The van der Waals surface area contributed by atoms with Crippen molar-refractivity contribution in [1.29, 1.82) is 0 Å². The molecule has 0 aliphatic carbocycles. The summed E-state index contributed by atoms with van der Waals surface area (Å²) in [5, 5.41) is 4.43. The average molecular weight is 445 g/mol. The lowest BCUT2D eigenvalue weighted by Gasteiger charge is -2.34. The second kappa shape index (κ2) is 7.46. The summed E-state index contributed by atoms with van der Waals surface area (Å²) >= 11 is 3.60. The average Bonchev–Trinajstić information content (AvgIpc) is 3.17. The summed E-state index contributed by atoms with van der Waals surface area (Å²) in [7, 11) is 0. The number of ether oxygens (including phenoxy) is 2. The molecule has 28 heavy (non-hydrogen) atoms. The third-order valence-corrected chi connectivity index (χ3v) is 6.53. The maximum Gasteiger partial charge on any atom is 0.152 e. The Bertz CT molecular complexity index is 977. The first kappa shape index (κ1) is 19.4. The zero-order valence-corrected chi connectivity index (χ0v) is 17.9. The Kier molecular flexibility index (Phi) is 5.16. The molecule has 1 aliphatic rings. The van der Waals surface area contributed by atoms with E-state index in [0.717, 1.165) is 27.7 Å². The van der Waals surface area contributed by atoms with Gasteiger partial charge in [-0.15, -0.1) is 0 Å². The summed E-state index contributed by atoms with van der Waals surface area (Å²) in [6.07, 6.45) is 2.22. The van der Waals surface area contributed by atoms with Crippen LogP contribution in [0.25, 0.3) is 5.52 Å². The van der Waals surface area contributed by atoms with Crippen LogP contribution in [-0.4, -0.2) is 26.3 Å². The van der Waals surface area contributed by atoms with Gasteiger partial charge in [-0.3, -0.25) is 0 Å². The molecule has 1 fully saturated rings. The Labute approximate surface area is 173 Å².